The predicted molar refractivity (Wildman–Crippen MR) is 64.6 cm³/mol. The van der Waals surface area contributed by atoms with E-state index in [1.165, 1.54) is 30.4 Å². The van der Waals surface area contributed by atoms with Gasteiger partial charge in [-0.1, -0.05) is 37.5 Å². The third kappa shape index (κ3) is 1.16. The molecule has 1 aromatic rings. The van der Waals surface area contributed by atoms with Gasteiger partial charge in [-0.05, 0) is 30.9 Å². The highest BCUT2D eigenvalue weighted by Crippen LogP contribution is 2.48. The topological polar surface area (TPSA) is 29.1 Å². The molecule has 3 rings (SSSR count). The zero-order valence-corrected chi connectivity index (χ0v) is 9.68. The fourth-order valence-electron chi connectivity index (χ4n) is 3.24. The number of hydrogen-bond acceptors (Lipinski definition) is 1. The van der Waals surface area contributed by atoms with E-state index in [1.54, 1.807) is 0 Å². The van der Waals surface area contributed by atoms with E-state index in [0.717, 1.165) is 18.5 Å². The molecule has 0 radical (unpaired) electrons. The SMILES string of the molecule is Cc1cccc2c1NC(=O)C21CCCCC1. The van der Waals surface area contributed by atoms with Crippen LogP contribution in [0.15, 0.2) is 18.2 Å². The highest BCUT2D eigenvalue weighted by Gasteiger charge is 2.47. The number of para-hydroxylation sites is 1. The predicted octanol–water partition coefficient (Wildman–Crippen LogP) is 3.15. The number of benzene rings is 1. The highest BCUT2D eigenvalue weighted by molar-refractivity contribution is 6.07. The Kier molecular flexibility index (Phi) is 2.06. The van der Waals surface area contributed by atoms with E-state index in [0.29, 0.717) is 0 Å². The number of rotatable bonds is 0. The largest absolute Gasteiger partial charge is 0.325 e. The maximum atomic E-state index is 12.2. The third-order valence-electron chi connectivity index (χ3n) is 4.17. The fraction of sp³-hybridized carbons (Fsp3) is 0.500. The van der Waals surface area contributed by atoms with E-state index < -0.39 is 0 Å². The molecule has 0 aromatic heterocycles. The van der Waals surface area contributed by atoms with Crippen LogP contribution in [0, 0.1) is 6.92 Å². The monoisotopic (exact) mass is 215 g/mol. The van der Waals surface area contributed by atoms with Crippen molar-refractivity contribution in [2.24, 2.45) is 0 Å². The highest BCUT2D eigenvalue weighted by atomic mass is 16.2. The molecule has 2 aliphatic rings. The van der Waals surface area contributed by atoms with Crippen molar-refractivity contribution in [3.8, 4) is 0 Å². The maximum absolute atomic E-state index is 12.2. The second-order valence-corrected chi connectivity index (χ2v) is 5.09. The van der Waals surface area contributed by atoms with E-state index in [1.807, 2.05) is 0 Å². The number of anilines is 1. The van der Waals surface area contributed by atoms with Gasteiger partial charge in [-0.2, -0.15) is 0 Å². The van der Waals surface area contributed by atoms with Crippen molar-refractivity contribution in [3.05, 3.63) is 29.3 Å². The summed E-state index contributed by atoms with van der Waals surface area (Å²) in [5, 5.41) is 3.09. The van der Waals surface area contributed by atoms with Crippen molar-refractivity contribution in [3.63, 3.8) is 0 Å². The van der Waals surface area contributed by atoms with Crippen LogP contribution in [0.4, 0.5) is 5.69 Å². The van der Waals surface area contributed by atoms with E-state index in [2.05, 4.69) is 30.4 Å². The van der Waals surface area contributed by atoms with Gasteiger partial charge in [-0.15, -0.1) is 0 Å². The number of hydrogen-bond donors (Lipinski definition) is 1. The Bertz CT molecular complexity index is 444. The molecule has 16 heavy (non-hydrogen) atoms. The Balaban J connectivity index is 2.15. The molecule has 1 aliphatic heterocycles. The Morgan fingerprint density at radius 2 is 1.94 bits per heavy atom. The normalized spacial score (nSPS) is 21.9. The van der Waals surface area contributed by atoms with Crippen LogP contribution in [0.1, 0.15) is 43.2 Å². The molecule has 0 bridgehead atoms. The fourth-order valence-corrected chi connectivity index (χ4v) is 3.24. The number of carbonyl (C=O) groups excluding carboxylic acids is 1. The van der Waals surface area contributed by atoms with Gasteiger partial charge in [-0.3, -0.25) is 4.79 Å². The number of carbonyl (C=O) groups is 1. The lowest BCUT2D eigenvalue weighted by Crippen LogP contribution is -2.36. The summed E-state index contributed by atoms with van der Waals surface area (Å²) in [5.41, 5.74) is 3.32. The Labute approximate surface area is 96.1 Å². The summed E-state index contributed by atoms with van der Waals surface area (Å²) in [4.78, 5) is 12.2. The Hall–Kier alpha value is -1.31. The molecular weight excluding hydrogens is 198 g/mol. The molecule has 0 saturated heterocycles. The molecule has 1 N–H and O–H groups in total. The van der Waals surface area contributed by atoms with Crippen LogP contribution in [-0.4, -0.2) is 5.91 Å². The first-order valence-corrected chi connectivity index (χ1v) is 6.16. The summed E-state index contributed by atoms with van der Waals surface area (Å²) in [6, 6.07) is 6.28. The first-order valence-electron chi connectivity index (χ1n) is 6.16. The summed E-state index contributed by atoms with van der Waals surface area (Å²) < 4.78 is 0. The van der Waals surface area contributed by atoms with Gasteiger partial charge in [0.15, 0.2) is 0 Å². The number of fused-ring (bicyclic) bond motifs is 2. The summed E-state index contributed by atoms with van der Waals surface area (Å²) in [7, 11) is 0. The molecule has 1 heterocycles. The molecule has 1 aromatic carbocycles. The van der Waals surface area contributed by atoms with Crippen LogP contribution in [0.25, 0.3) is 0 Å². The third-order valence-corrected chi connectivity index (χ3v) is 4.17. The maximum Gasteiger partial charge on any atom is 0.235 e. The molecule has 84 valence electrons. The minimum atomic E-state index is -0.195. The minimum absolute atomic E-state index is 0.195. The van der Waals surface area contributed by atoms with Crippen molar-refractivity contribution >= 4 is 11.6 Å². The molecule has 1 aliphatic carbocycles. The lowest BCUT2D eigenvalue weighted by Gasteiger charge is -2.31. The van der Waals surface area contributed by atoms with Crippen molar-refractivity contribution in [1.29, 1.82) is 0 Å². The Morgan fingerprint density at radius 1 is 1.19 bits per heavy atom. The van der Waals surface area contributed by atoms with Crippen LogP contribution in [0.5, 0.6) is 0 Å². The van der Waals surface area contributed by atoms with Crippen molar-refractivity contribution in [1.82, 2.24) is 0 Å². The lowest BCUT2D eigenvalue weighted by molar-refractivity contribution is -0.121. The summed E-state index contributed by atoms with van der Waals surface area (Å²) in [6.07, 6.45) is 5.68. The quantitative estimate of drug-likeness (QED) is 0.707. The van der Waals surface area contributed by atoms with Gasteiger partial charge < -0.3 is 5.32 Å². The zero-order valence-electron chi connectivity index (χ0n) is 9.68. The summed E-state index contributed by atoms with van der Waals surface area (Å²) in [5.74, 6) is 0.233. The molecular formula is C14H17NO. The zero-order chi connectivity index (χ0) is 11.2. The van der Waals surface area contributed by atoms with Crippen LogP contribution in [-0.2, 0) is 10.2 Å². The van der Waals surface area contributed by atoms with Crippen molar-refractivity contribution < 1.29 is 4.79 Å². The van der Waals surface area contributed by atoms with Gasteiger partial charge in [0.25, 0.3) is 0 Å². The second-order valence-electron chi connectivity index (χ2n) is 5.09. The van der Waals surface area contributed by atoms with E-state index in [9.17, 15) is 4.79 Å². The van der Waals surface area contributed by atoms with Crippen LogP contribution in [0.3, 0.4) is 0 Å². The van der Waals surface area contributed by atoms with Crippen LogP contribution >= 0.6 is 0 Å². The van der Waals surface area contributed by atoms with E-state index >= 15 is 0 Å². The van der Waals surface area contributed by atoms with Gasteiger partial charge in [0.2, 0.25) is 5.91 Å². The van der Waals surface area contributed by atoms with Crippen LogP contribution in [0.2, 0.25) is 0 Å². The standard InChI is InChI=1S/C14H17NO/c1-10-6-5-7-11-12(10)15-13(16)14(11)8-3-2-4-9-14/h5-7H,2-4,8-9H2,1H3,(H,15,16). The van der Waals surface area contributed by atoms with Gasteiger partial charge in [0.05, 0.1) is 5.41 Å². The first-order chi connectivity index (χ1) is 7.74. The average molecular weight is 215 g/mol. The smallest absolute Gasteiger partial charge is 0.235 e. The molecule has 0 atom stereocenters. The summed E-state index contributed by atoms with van der Waals surface area (Å²) in [6.45, 7) is 2.07. The molecule has 0 unspecified atom stereocenters. The second kappa shape index (κ2) is 3.34. The average Bonchev–Trinajstić information content (AvgIpc) is 2.57. The van der Waals surface area contributed by atoms with E-state index in [-0.39, 0.29) is 11.3 Å². The van der Waals surface area contributed by atoms with E-state index in [4.69, 9.17) is 0 Å². The number of amides is 1. The first kappa shape index (κ1) is 9.88. The minimum Gasteiger partial charge on any atom is -0.325 e. The molecule has 2 nitrogen and oxygen atoms in total. The van der Waals surface area contributed by atoms with Gasteiger partial charge in [0.1, 0.15) is 0 Å². The molecule has 1 fully saturated rings. The van der Waals surface area contributed by atoms with Crippen molar-refractivity contribution in [2.45, 2.75) is 44.4 Å². The Morgan fingerprint density at radius 3 is 2.69 bits per heavy atom. The van der Waals surface area contributed by atoms with Crippen molar-refractivity contribution in [2.75, 3.05) is 5.32 Å². The number of nitrogens with one attached hydrogen (secondary N) is 1. The molecule has 1 spiro atoms. The molecule has 1 saturated carbocycles. The lowest BCUT2D eigenvalue weighted by atomic mass is 9.70. The number of aryl methyl sites for hydroxylation is 1. The summed E-state index contributed by atoms with van der Waals surface area (Å²) >= 11 is 0. The van der Waals surface area contributed by atoms with Gasteiger partial charge in [-0.25, -0.2) is 0 Å². The molecule has 1 amide bonds. The van der Waals surface area contributed by atoms with Gasteiger partial charge in [0, 0.05) is 5.69 Å². The molecule has 2 heteroatoms. The van der Waals surface area contributed by atoms with Gasteiger partial charge >= 0.3 is 0 Å². The van der Waals surface area contributed by atoms with Crippen LogP contribution < -0.4 is 5.32 Å².